The standard InChI is InChI=1S/C14H20N4OS.ClH/c1-9-11-8-12(20-14(11)18(3)16-9)13(19)17(2)10-4-6-15-7-5-10;/h8,10,15H,4-7H2,1-3H3;1H. The van der Waals surface area contributed by atoms with E-state index in [9.17, 15) is 4.79 Å². The number of carbonyl (C=O) groups is 1. The molecule has 2 aromatic heterocycles. The van der Waals surface area contributed by atoms with Crippen LogP contribution in [0.4, 0.5) is 0 Å². The minimum atomic E-state index is 0. The smallest absolute Gasteiger partial charge is 0.264 e. The Morgan fingerprint density at radius 3 is 2.76 bits per heavy atom. The number of nitrogens with one attached hydrogen (secondary N) is 1. The maximum Gasteiger partial charge on any atom is 0.264 e. The summed E-state index contributed by atoms with van der Waals surface area (Å²) < 4.78 is 1.86. The van der Waals surface area contributed by atoms with Crippen LogP contribution in [-0.4, -0.2) is 46.8 Å². The zero-order valence-electron chi connectivity index (χ0n) is 12.5. The van der Waals surface area contributed by atoms with E-state index in [1.165, 1.54) is 11.3 Å². The Balaban J connectivity index is 0.00000161. The van der Waals surface area contributed by atoms with Gasteiger partial charge in [-0.25, -0.2) is 0 Å². The van der Waals surface area contributed by atoms with E-state index >= 15 is 0 Å². The molecule has 0 radical (unpaired) electrons. The number of hydrogen-bond acceptors (Lipinski definition) is 4. The molecule has 1 amide bonds. The molecule has 0 spiro atoms. The van der Waals surface area contributed by atoms with Crippen LogP contribution in [0.5, 0.6) is 0 Å². The molecule has 1 aliphatic heterocycles. The lowest BCUT2D eigenvalue weighted by molar-refractivity contribution is 0.0708. The topological polar surface area (TPSA) is 50.2 Å². The SMILES string of the molecule is Cc1nn(C)c2sc(C(=O)N(C)C3CCNCC3)cc12.Cl. The normalized spacial score (nSPS) is 16.0. The summed E-state index contributed by atoms with van der Waals surface area (Å²) >= 11 is 1.54. The average molecular weight is 329 g/mol. The van der Waals surface area contributed by atoms with Gasteiger partial charge in [0.1, 0.15) is 4.83 Å². The maximum atomic E-state index is 12.6. The first kappa shape index (κ1) is 16.3. The quantitative estimate of drug-likeness (QED) is 0.919. The summed E-state index contributed by atoms with van der Waals surface area (Å²) in [5.74, 6) is 0.137. The van der Waals surface area contributed by atoms with Gasteiger partial charge in [0.15, 0.2) is 0 Å². The number of carbonyl (C=O) groups excluding carboxylic acids is 1. The molecule has 7 heteroatoms. The van der Waals surface area contributed by atoms with Crippen molar-refractivity contribution < 1.29 is 4.79 Å². The third-order valence-electron chi connectivity index (χ3n) is 4.08. The molecule has 0 atom stereocenters. The second-order valence-corrected chi connectivity index (χ2v) is 6.47. The van der Waals surface area contributed by atoms with Gasteiger partial charge in [-0.2, -0.15) is 5.10 Å². The summed E-state index contributed by atoms with van der Waals surface area (Å²) in [7, 11) is 3.85. The van der Waals surface area contributed by atoms with E-state index < -0.39 is 0 Å². The van der Waals surface area contributed by atoms with Gasteiger partial charge in [0, 0.05) is 25.5 Å². The third kappa shape index (κ3) is 2.93. The van der Waals surface area contributed by atoms with Crippen LogP contribution in [0.3, 0.4) is 0 Å². The molecule has 116 valence electrons. The highest BCUT2D eigenvalue weighted by atomic mass is 35.5. The lowest BCUT2D eigenvalue weighted by Gasteiger charge is -2.31. The fourth-order valence-corrected chi connectivity index (χ4v) is 3.95. The minimum absolute atomic E-state index is 0. The fraction of sp³-hybridized carbons (Fsp3) is 0.571. The monoisotopic (exact) mass is 328 g/mol. The van der Waals surface area contributed by atoms with Gasteiger partial charge in [-0.3, -0.25) is 9.48 Å². The number of hydrogen-bond donors (Lipinski definition) is 1. The first-order chi connectivity index (χ1) is 9.58. The fourth-order valence-electron chi connectivity index (χ4n) is 2.84. The Labute approximate surface area is 134 Å². The number of rotatable bonds is 2. The number of amides is 1. The Hall–Kier alpha value is -1.11. The van der Waals surface area contributed by atoms with Crippen molar-refractivity contribution >= 4 is 39.9 Å². The number of thiophene rings is 1. The largest absolute Gasteiger partial charge is 0.338 e. The van der Waals surface area contributed by atoms with Crippen LogP contribution in [0, 0.1) is 6.92 Å². The molecule has 1 saturated heterocycles. The highest BCUT2D eigenvalue weighted by Crippen LogP contribution is 2.29. The summed E-state index contributed by atoms with van der Waals surface area (Å²) in [4.78, 5) is 16.4. The van der Waals surface area contributed by atoms with Crippen molar-refractivity contribution in [2.45, 2.75) is 25.8 Å². The van der Waals surface area contributed by atoms with Crippen LogP contribution in [0.25, 0.3) is 10.2 Å². The molecule has 0 aromatic carbocycles. The average Bonchev–Trinajstić information content (AvgIpc) is 3.01. The van der Waals surface area contributed by atoms with Crippen molar-refractivity contribution in [1.82, 2.24) is 20.0 Å². The molecule has 21 heavy (non-hydrogen) atoms. The zero-order valence-corrected chi connectivity index (χ0v) is 14.2. The van der Waals surface area contributed by atoms with Gasteiger partial charge < -0.3 is 10.2 Å². The lowest BCUT2D eigenvalue weighted by Crippen LogP contribution is -2.43. The first-order valence-electron chi connectivity index (χ1n) is 6.99. The van der Waals surface area contributed by atoms with E-state index in [1.807, 2.05) is 36.7 Å². The molecule has 1 aliphatic rings. The predicted molar refractivity (Wildman–Crippen MR) is 88.6 cm³/mol. The number of nitrogens with zero attached hydrogens (tertiary/aromatic N) is 3. The third-order valence-corrected chi connectivity index (χ3v) is 5.27. The van der Waals surface area contributed by atoms with Gasteiger partial charge in [0.2, 0.25) is 0 Å². The van der Waals surface area contributed by atoms with E-state index in [-0.39, 0.29) is 18.3 Å². The summed E-state index contributed by atoms with van der Waals surface area (Å²) in [6.45, 7) is 3.98. The van der Waals surface area contributed by atoms with Gasteiger partial charge >= 0.3 is 0 Å². The number of fused-ring (bicyclic) bond motifs is 1. The van der Waals surface area contributed by atoms with Crippen molar-refractivity contribution in [3.05, 3.63) is 16.6 Å². The molecule has 1 N–H and O–H groups in total. The summed E-state index contributed by atoms with van der Waals surface area (Å²) in [6.07, 6.45) is 2.07. The second kappa shape index (κ2) is 6.34. The molecule has 0 unspecified atom stereocenters. The molecule has 0 aliphatic carbocycles. The van der Waals surface area contributed by atoms with Gasteiger partial charge in [0.05, 0.1) is 10.6 Å². The van der Waals surface area contributed by atoms with Crippen molar-refractivity contribution in [2.24, 2.45) is 7.05 Å². The van der Waals surface area contributed by atoms with E-state index in [0.717, 1.165) is 46.7 Å². The van der Waals surface area contributed by atoms with Gasteiger partial charge in [0.25, 0.3) is 5.91 Å². The van der Waals surface area contributed by atoms with E-state index in [0.29, 0.717) is 6.04 Å². The van der Waals surface area contributed by atoms with Crippen molar-refractivity contribution in [3.63, 3.8) is 0 Å². The van der Waals surface area contributed by atoms with Crippen LogP contribution in [0.1, 0.15) is 28.2 Å². The first-order valence-corrected chi connectivity index (χ1v) is 7.80. The molecule has 0 bridgehead atoms. The molecule has 2 aromatic rings. The lowest BCUT2D eigenvalue weighted by atomic mass is 10.1. The number of halogens is 1. The zero-order chi connectivity index (χ0) is 14.3. The maximum absolute atomic E-state index is 12.6. The molecular weight excluding hydrogens is 308 g/mol. The predicted octanol–water partition coefficient (Wildman–Crippen LogP) is 2.19. The number of aryl methyl sites for hydroxylation is 2. The highest BCUT2D eigenvalue weighted by Gasteiger charge is 2.24. The Kier molecular flexibility index (Phi) is 4.91. The Bertz CT molecular complexity index is 610. The minimum Gasteiger partial charge on any atom is -0.338 e. The Morgan fingerprint density at radius 2 is 2.14 bits per heavy atom. The highest BCUT2D eigenvalue weighted by molar-refractivity contribution is 7.20. The van der Waals surface area contributed by atoms with E-state index in [4.69, 9.17) is 0 Å². The van der Waals surface area contributed by atoms with E-state index in [1.54, 1.807) is 0 Å². The van der Waals surface area contributed by atoms with Crippen LogP contribution in [0.15, 0.2) is 6.07 Å². The second-order valence-electron chi connectivity index (χ2n) is 5.44. The molecular formula is C14H21ClN4OS. The van der Waals surface area contributed by atoms with Crippen molar-refractivity contribution in [1.29, 1.82) is 0 Å². The van der Waals surface area contributed by atoms with Crippen LogP contribution >= 0.6 is 23.7 Å². The summed E-state index contributed by atoms with van der Waals surface area (Å²) in [6, 6.07) is 2.34. The number of piperidine rings is 1. The van der Waals surface area contributed by atoms with Crippen molar-refractivity contribution in [2.75, 3.05) is 20.1 Å². The van der Waals surface area contributed by atoms with Crippen molar-refractivity contribution in [3.8, 4) is 0 Å². The summed E-state index contributed by atoms with van der Waals surface area (Å²) in [5, 5.41) is 8.81. The molecule has 3 rings (SSSR count). The van der Waals surface area contributed by atoms with Gasteiger partial charge in [-0.05, 0) is 38.9 Å². The van der Waals surface area contributed by atoms with Gasteiger partial charge in [-0.1, -0.05) is 0 Å². The van der Waals surface area contributed by atoms with Gasteiger partial charge in [-0.15, -0.1) is 23.7 Å². The molecule has 5 nitrogen and oxygen atoms in total. The van der Waals surface area contributed by atoms with Crippen LogP contribution in [-0.2, 0) is 7.05 Å². The summed E-state index contributed by atoms with van der Waals surface area (Å²) in [5.41, 5.74) is 0.988. The Morgan fingerprint density at radius 1 is 1.48 bits per heavy atom. The van der Waals surface area contributed by atoms with Crippen LogP contribution < -0.4 is 5.32 Å². The molecule has 0 saturated carbocycles. The number of aromatic nitrogens is 2. The molecule has 3 heterocycles. The van der Waals surface area contributed by atoms with Crippen LogP contribution in [0.2, 0.25) is 0 Å². The molecule has 1 fully saturated rings. The van der Waals surface area contributed by atoms with E-state index in [2.05, 4.69) is 10.4 Å².